The number of carbonyl (C=O) groups excluding carboxylic acids is 1. The molecule has 1 aliphatic heterocycles. The molecule has 0 radical (unpaired) electrons. The fourth-order valence-corrected chi connectivity index (χ4v) is 4.82. The second-order valence-corrected chi connectivity index (χ2v) is 7.55. The molecule has 5 nitrogen and oxygen atoms in total. The van der Waals surface area contributed by atoms with Gasteiger partial charge in [0, 0.05) is 19.2 Å². The first kappa shape index (κ1) is 15.8. The van der Waals surface area contributed by atoms with Crippen molar-refractivity contribution in [1.29, 1.82) is 5.26 Å². The predicted molar refractivity (Wildman–Crippen MR) is 83.0 cm³/mol. The fourth-order valence-electron chi connectivity index (χ4n) is 4.82. The van der Waals surface area contributed by atoms with Crippen molar-refractivity contribution in [3.8, 4) is 6.07 Å². The van der Waals surface area contributed by atoms with Crippen molar-refractivity contribution in [2.45, 2.75) is 63.1 Å². The molecular weight excluding hydrogens is 278 g/mol. The van der Waals surface area contributed by atoms with E-state index in [1.807, 2.05) is 7.11 Å². The van der Waals surface area contributed by atoms with Crippen LogP contribution < -0.4 is 5.32 Å². The molecule has 1 unspecified atom stereocenters. The predicted octanol–water partition coefficient (Wildman–Crippen LogP) is 1.68. The van der Waals surface area contributed by atoms with E-state index in [9.17, 15) is 4.79 Å². The minimum Gasteiger partial charge on any atom is -0.381 e. The van der Waals surface area contributed by atoms with Crippen LogP contribution in [-0.2, 0) is 9.53 Å². The summed E-state index contributed by atoms with van der Waals surface area (Å²) in [5.74, 6) is 1.55. The fraction of sp³-hybridized carbons (Fsp3) is 0.882. The lowest BCUT2D eigenvalue weighted by Crippen LogP contribution is -2.48. The summed E-state index contributed by atoms with van der Waals surface area (Å²) in [6.45, 7) is 3.34. The molecule has 122 valence electrons. The van der Waals surface area contributed by atoms with Crippen LogP contribution in [0.25, 0.3) is 0 Å². The molecule has 0 spiro atoms. The number of nitriles is 1. The molecule has 1 heterocycles. The van der Waals surface area contributed by atoms with Gasteiger partial charge in [-0.15, -0.1) is 0 Å². The minimum atomic E-state index is -0.215. The van der Waals surface area contributed by atoms with E-state index in [1.165, 1.54) is 0 Å². The Morgan fingerprint density at radius 3 is 2.68 bits per heavy atom. The molecule has 1 saturated heterocycles. The van der Waals surface area contributed by atoms with Crippen molar-refractivity contribution in [2.24, 2.45) is 11.8 Å². The molecular formula is C17H27N3O2. The third kappa shape index (κ3) is 3.00. The standard InChI is InChI=1S/C17H27N3O2/c1-17(8-12-6-15(22-2)7-13(12)9-17)19-11-16(21)20-5-3-4-14(20)10-18/h12-15,19H,3-9,11H2,1-2H3/t12-,13+,14-,15+,17?/m0/s1. The van der Waals surface area contributed by atoms with Gasteiger partial charge in [-0.3, -0.25) is 4.79 Å². The summed E-state index contributed by atoms with van der Waals surface area (Å²) in [6.07, 6.45) is 6.79. The molecule has 3 aliphatic rings. The van der Waals surface area contributed by atoms with E-state index in [4.69, 9.17) is 10.00 Å². The van der Waals surface area contributed by atoms with Crippen molar-refractivity contribution in [1.82, 2.24) is 10.2 Å². The van der Waals surface area contributed by atoms with Crippen LogP contribution in [0.5, 0.6) is 0 Å². The maximum Gasteiger partial charge on any atom is 0.237 e. The third-order valence-corrected chi connectivity index (χ3v) is 5.95. The molecule has 0 bridgehead atoms. The van der Waals surface area contributed by atoms with Gasteiger partial charge in [0.1, 0.15) is 6.04 Å². The SMILES string of the molecule is CO[C@H]1C[C@@H]2CC(C)(NCC(=O)N3CCC[C@H]3C#N)C[C@@H]2C1. The Hall–Kier alpha value is -1.12. The highest BCUT2D eigenvalue weighted by Gasteiger charge is 2.47. The Labute approximate surface area is 133 Å². The van der Waals surface area contributed by atoms with Crippen LogP contribution in [0.4, 0.5) is 0 Å². The van der Waals surface area contributed by atoms with E-state index in [1.54, 1.807) is 4.90 Å². The molecule has 0 aromatic heterocycles. The first-order chi connectivity index (χ1) is 10.5. The monoisotopic (exact) mass is 305 g/mol. The Morgan fingerprint density at radius 2 is 2.09 bits per heavy atom. The van der Waals surface area contributed by atoms with Gasteiger partial charge in [0.25, 0.3) is 0 Å². The Balaban J connectivity index is 1.50. The lowest BCUT2D eigenvalue weighted by molar-refractivity contribution is -0.130. The number of methoxy groups -OCH3 is 1. The van der Waals surface area contributed by atoms with Crippen LogP contribution in [0, 0.1) is 23.2 Å². The third-order valence-electron chi connectivity index (χ3n) is 5.95. The van der Waals surface area contributed by atoms with Crippen LogP contribution >= 0.6 is 0 Å². The minimum absolute atomic E-state index is 0.0611. The topological polar surface area (TPSA) is 65.4 Å². The Kier molecular flexibility index (Phi) is 4.42. The molecule has 3 fully saturated rings. The molecule has 1 amide bonds. The first-order valence-corrected chi connectivity index (χ1v) is 8.51. The summed E-state index contributed by atoms with van der Waals surface area (Å²) in [7, 11) is 1.81. The van der Waals surface area contributed by atoms with E-state index in [0.29, 0.717) is 12.6 Å². The normalized spacial score (nSPS) is 40.7. The quantitative estimate of drug-likeness (QED) is 0.858. The molecule has 1 N–H and O–H groups in total. The summed E-state index contributed by atoms with van der Waals surface area (Å²) in [4.78, 5) is 14.1. The maximum atomic E-state index is 12.4. The van der Waals surface area contributed by atoms with E-state index in [0.717, 1.165) is 56.9 Å². The average molecular weight is 305 g/mol. The molecule has 5 heteroatoms. The summed E-state index contributed by atoms with van der Waals surface area (Å²) < 4.78 is 5.49. The van der Waals surface area contributed by atoms with Gasteiger partial charge >= 0.3 is 0 Å². The number of fused-ring (bicyclic) bond motifs is 1. The van der Waals surface area contributed by atoms with Crippen molar-refractivity contribution < 1.29 is 9.53 Å². The van der Waals surface area contributed by atoms with E-state index >= 15 is 0 Å². The highest BCUT2D eigenvalue weighted by Crippen LogP contribution is 2.49. The number of likely N-dealkylation sites (tertiary alicyclic amines) is 1. The van der Waals surface area contributed by atoms with E-state index in [-0.39, 0.29) is 17.5 Å². The Bertz CT molecular complexity index is 459. The summed E-state index contributed by atoms with van der Waals surface area (Å²) in [5, 5.41) is 12.6. The molecule has 0 aromatic rings. The second-order valence-electron chi connectivity index (χ2n) is 7.55. The van der Waals surface area contributed by atoms with Crippen LogP contribution in [0.3, 0.4) is 0 Å². The number of amides is 1. The van der Waals surface area contributed by atoms with E-state index in [2.05, 4.69) is 18.3 Å². The van der Waals surface area contributed by atoms with Crippen LogP contribution in [-0.4, -0.2) is 48.7 Å². The number of ether oxygens (including phenoxy) is 1. The van der Waals surface area contributed by atoms with Gasteiger partial charge in [-0.1, -0.05) is 0 Å². The highest BCUT2D eigenvalue weighted by atomic mass is 16.5. The van der Waals surface area contributed by atoms with Gasteiger partial charge in [0.2, 0.25) is 5.91 Å². The molecule has 2 saturated carbocycles. The van der Waals surface area contributed by atoms with Gasteiger partial charge in [-0.2, -0.15) is 5.26 Å². The first-order valence-electron chi connectivity index (χ1n) is 8.51. The number of hydrogen-bond donors (Lipinski definition) is 1. The maximum absolute atomic E-state index is 12.4. The number of carbonyl (C=O) groups is 1. The van der Waals surface area contributed by atoms with Crippen molar-refractivity contribution in [3.05, 3.63) is 0 Å². The van der Waals surface area contributed by atoms with Gasteiger partial charge in [-0.25, -0.2) is 0 Å². The summed E-state index contributed by atoms with van der Waals surface area (Å²) in [6, 6.07) is 2.02. The van der Waals surface area contributed by atoms with Crippen molar-refractivity contribution in [2.75, 3.05) is 20.2 Å². The van der Waals surface area contributed by atoms with Gasteiger partial charge in [0.05, 0.1) is 18.7 Å². The largest absolute Gasteiger partial charge is 0.381 e. The van der Waals surface area contributed by atoms with Gasteiger partial charge < -0.3 is 15.0 Å². The summed E-state index contributed by atoms with van der Waals surface area (Å²) >= 11 is 0. The zero-order valence-electron chi connectivity index (χ0n) is 13.7. The highest BCUT2D eigenvalue weighted by molar-refractivity contribution is 5.79. The number of nitrogens with zero attached hydrogens (tertiary/aromatic N) is 2. The smallest absolute Gasteiger partial charge is 0.237 e. The van der Waals surface area contributed by atoms with Crippen molar-refractivity contribution >= 4 is 5.91 Å². The zero-order chi connectivity index (χ0) is 15.7. The zero-order valence-corrected chi connectivity index (χ0v) is 13.7. The van der Waals surface area contributed by atoms with Gasteiger partial charge in [-0.05, 0) is 57.3 Å². The second kappa shape index (κ2) is 6.17. The Morgan fingerprint density at radius 1 is 1.41 bits per heavy atom. The molecule has 2 aliphatic carbocycles. The lowest BCUT2D eigenvalue weighted by atomic mass is 9.95. The average Bonchev–Trinajstić information content (AvgIpc) is 3.17. The molecule has 22 heavy (non-hydrogen) atoms. The van der Waals surface area contributed by atoms with Crippen LogP contribution in [0.1, 0.15) is 45.4 Å². The summed E-state index contributed by atoms with van der Waals surface area (Å²) in [5.41, 5.74) is 0.0611. The van der Waals surface area contributed by atoms with Crippen LogP contribution in [0.2, 0.25) is 0 Å². The van der Waals surface area contributed by atoms with Crippen LogP contribution in [0.15, 0.2) is 0 Å². The number of nitrogens with one attached hydrogen (secondary N) is 1. The van der Waals surface area contributed by atoms with Crippen molar-refractivity contribution in [3.63, 3.8) is 0 Å². The van der Waals surface area contributed by atoms with Gasteiger partial charge in [0.15, 0.2) is 0 Å². The van der Waals surface area contributed by atoms with E-state index < -0.39 is 0 Å². The lowest BCUT2D eigenvalue weighted by Gasteiger charge is -2.29. The number of rotatable bonds is 4. The molecule has 5 atom stereocenters. The molecule has 3 rings (SSSR count). The number of hydrogen-bond acceptors (Lipinski definition) is 4. The molecule has 0 aromatic carbocycles.